The van der Waals surface area contributed by atoms with Crippen molar-refractivity contribution in [3.05, 3.63) is 53.5 Å². The van der Waals surface area contributed by atoms with Gasteiger partial charge in [-0.25, -0.2) is 0 Å². The fraction of sp³-hybridized carbons (Fsp3) is 0.391. The Kier molecular flexibility index (Phi) is 7.10. The summed E-state index contributed by atoms with van der Waals surface area (Å²) in [7, 11) is 0. The van der Waals surface area contributed by atoms with Gasteiger partial charge in [-0.2, -0.15) is 0 Å². The highest BCUT2D eigenvalue weighted by Crippen LogP contribution is 2.32. The summed E-state index contributed by atoms with van der Waals surface area (Å²) in [6.45, 7) is 12.8. The van der Waals surface area contributed by atoms with Crippen LogP contribution in [0.2, 0.25) is 0 Å². The Hall–Kier alpha value is -1.34. The van der Waals surface area contributed by atoms with E-state index in [0.29, 0.717) is 6.61 Å². The zero-order valence-corrected chi connectivity index (χ0v) is 20.0. The van der Waals surface area contributed by atoms with Crippen LogP contribution in [0.25, 0.3) is 21.9 Å². The molecule has 1 aliphatic rings. The Morgan fingerprint density at radius 1 is 1.10 bits per heavy atom. The fourth-order valence-electron chi connectivity index (χ4n) is 4.52. The average Bonchev–Trinajstić information content (AvgIpc) is 2.97. The highest BCUT2D eigenvalue weighted by molar-refractivity contribution is 9.10. The Balaban J connectivity index is 0.00000240. The van der Waals surface area contributed by atoms with Crippen LogP contribution < -0.4 is 21.7 Å². The van der Waals surface area contributed by atoms with Crippen LogP contribution in [0.3, 0.4) is 0 Å². The summed E-state index contributed by atoms with van der Waals surface area (Å²) in [5.74, 6) is 0.844. The Morgan fingerprint density at radius 2 is 1.76 bits per heavy atom. The van der Waals surface area contributed by atoms with Crippen LogP contribution in [0.4, 0.5) is 0 Å². The molecule has 2 unspecified atom stereocenters. The van der Waals surface area contributed by atoms with E-state index in [1.54, 1.807) is 0 Å². The van der Waals surface area contributed by atoms with Crippen LogP contribution in [-0.4, -0.2) is 49.5 Å². The van der Waals surface area contributed by atoms with Gasteiger partial charge in [-0.1, -0.05) is 22.5 Å². The minimum atomic E-state index is 0. The van der Waals surface area contributed by atoms with Crippen molar-refractivity contribution in [2.75, 3.05) is 32.8 Å². The Morgan fingerprint density at radius 3 is 2.45 bits per heavy atom. The van der Waals surface area contributed by atoms with E-state index in [4.69, 9.17) is 13.9 Å². The van der Waals surface area contributed by atoms with E-state index in [1.165, 1.54) is 0 Å². The van der Waals surface area contributed by atoms with Crippen LogP contribution in [0.1, 0.15) is 13.8 Å². The number of rotatable bonds is 6. The molecule has 1 fully saturated rings. The van der Waals surface area contributed by atoms with Crippen molar-refractivity contribution in [1.29, 1.82) is 0 Å². The molecule has 3 aromatic rings. The SMILES string of the molecule is C=CC[N+]1(CCOc2ccc3c(c2)oc2cc(Br)ccc23)CC(C)OC(C)C1.[Br-]. The molecule has 1 aromatic heterocycles. The first-order valence-corrected chi connectivity index (χ1v) is 10.6. The van der Waals surface area contributed by atoms with Crippen molar-refractivity contribution in [1.82, 2.24) is 0 Å². The number of nitrogens with zero attached hydrogens (tertiary/aromatic N) is 1. The third-order valence-electron chi connectivity index (χ3n) is 5.51. The molecule has 29 heavy (non-hydrogen) atoms. The molecule has 4 rings (SSSR count). The topological polar surface area (TPSA) is 31.6 Å². The van der Waals surface area contributed by atoms with Gasteiger partial charge in [0.15, 0.2) is 0 Å². The van der Waals surface area contributed by atoms with E-state index in [9.17, 15) is 0 Å². The molecule has 0 N–H and O–H groups in total. The third kappa shape index (κ3) is 4.88. The third-order valence-corrected chi connectivity index (χ3v) is 6.00. The number of furan rings is 1. The number of benzene rings is 2. The fourth-order valence-corrected chi connectivity index (χ4v) is 4.86. The number of halogens is 2. The van der Waals surface area contributed by atoms with Gasteiger partial charge >= 0.3 is 0 Å². The second kappa shape index (κ2) is 9.21. The number of fused-ring (bicyclic) bond motifs is 3. The van der Waals surface area contributed by atoms with E-state index in [1.807, 2.05) is 30.3 Å². The standard InChI is InChI=1S/C23H27BrNO3.BrH/c1-4-9-25(14-16(2)27-17(3)15-25)10-11-26-19-6-8-21-20-7-5-18(24)12-22(20)28-23(21)13-19;/h4-8,12-13,16-17H,1,9-11,14-15H2,2-3H3;1H/q+1;/p-1. The highest BCUT2D eigenvalue weighted by atomic mass is 79.9. The predicted octanol–water partition coefficient (Wildman–Crippen LogP) is 2.54. The van der Waals surface area contributed by atoms with Gasteiger partial charge in [0.25, 0.3) is 0 Å². The Bertz CT molecular complexity index is 990. The van der Waals surface area contributed by atoms with Crippen LogP contribution in [0.5, 0.6) is 5.75 Å². The maximum absolute atomic E-state index is 6.12. The highest BCUT2D eigenvalue weighted by Gasteiger charge is 2.36. The predicted molar refractivity (Wildman–Crippen MR) is 117 cm³/mol. The van der Waals surface area contributed by atoms with E-state index < -0.39 is 0 Å². The van der Waals surface area contributed by atoms with Crippen LogP contribution >= 0.6 is 15.9 Å². The largest absolute Gasteiger partial charge is 1.00 e. The van der Waals surface area contributed by atoms with Crippen molar-refractivity contribution in [2.24, 2.45) is 0 Å². The molecule has 0 amide bonds. The second-order valence-corrected chi connectivity index (χ2v) is 8.82. The summed E-state index contributed by atoms with van der Waals surface area (Å²) >= 11 is 3.50. The zero-order chi connectivity index (χ0) is 19.7. The van der Waals surface area contributed by atoms with E-state index in [0.717, 1.165) is 62.8 Å². The minimum absolute atomic E-state index is 0. The number of hydrogen-bond donors (Lipinski definition) is 0. The first-order valence-electron chi connectivity index (χ1n) is 9.84. The van der Waals surface area contributed by atoms with Gasteiger partial charge < -0.3 is 35.4 Å². The summed E-state index contributed by atoms with van der Waals surface area (Å²) in [6.07, 6.45) is 2.54. The maximum Gasteiger partial charge on any atom is 0.139 e. The minimum Gasteiger partial charge on any atom is -1.00 e. The molecule has 0 saturated carbocycles. The van der Waals surface area contributed by atoms with Crippen LogP contribution in [0.15, 0.2) is 57.9 Å². The molecule has 2 aromatic carbocycles. The average molecular weight is 525 g/mol. The lowest BCUT2D eigenvalue weighted by atomic mass is 10.1. The molecule has 1 saturated heterocycles. The first-order chi connectivity index (χ1) is 13.5. The van der Waals surface area contributed by atoms with Gasteiger partial charge in [0.2, 0.25) is 0 Å². The monoisotopic (exact) mass is 523 g/mol. The summed E-state index contributed by atoms with van der Waals surface area (Å²) in [5.41, 5.74) is 1.74. The van der Waals surface area contributed by atoms with E-state index in [2.05, 4.69) is 48.5 Å². The van der Waals surface area contributed by atoms with E-state index >= 15 is 0 Å². The van der Waals surface area contributed by atoms with Gasteiger partial charge in [0.1, 0.15) is 55.4 Å². The lowest BCUT2D eigenvalue weighted by Crippen LogP contribution is -3.00. The summed E-state index contributed by atoms with van der Waals surface area (Å²) in [4.78, 5) is 0. The molecule has 1 aliphatic heterocycles. The quantitative estimate of drug-likeness (QED) is 0.367. The second-order valence-electron chi connectivity index (χ2n) is 7.91. The van der Waals surface area contributed by atoms with E-state index in [-0.39, 0.29) is 29.2 Å². The van der Waals surface area contributed by atoms with Gasteiger partial charge in [-0.05, 0) is 50.3 Å². The number of morpholine rings is 1. The maximum atomic E-state index is 6.12. The van der Waals surface area contributed by atoms with Crippen molar-refractivity contribution in [3.8, 4) is 5.75 Å². The number of ether oxygens (including phenoxy) is 2. The van der Waals surface area contributed by atoms with Crippen molar-refractivity contribution in [3.63, 3.8) is 0 Å². The molecule has 2 heterocycles. The molecular weight excluding hydrogens is 498 g/mol. The van der Waals surface area contributed by atoms with Gasteiger partial charge in [-0.15, -0.1) is 0 Å². The van der Waals surface area contributed by atoms with Gasteiger partial charge in [0.05, 0.1) is 6.54 Å². The first kappa shape index (κ1) is 22.3. The molecule has 156 valence electrons. The van der Waals surface area contributed by atoms with Crippen molar-refractivity contribution < 1.29 is 35.4 Å². The molecule has 6 heteroatoms. The number of hydrogen-bond acceptors (Lipinski definition) is 3. The molecule has 0 radical (unpaired) electrons. The molecule has 4 nitrogen and oxygen atoms in total. The molecular formula is C23H27Br2NO3. The van der Waals surface area contributed by atoms with Crippen molar-refractivity contribution >= 4 is 37.9 Å². The lowest BCUT2D eigenvalue weighted by Gasteiger charge is -2.45. The molecule has 0 aliphatic carbocycles. The molecule has 0 bridgehead atoms. The van der Waals surface area contributed by atoms with Crippen LogP contribution in [0, 0.1) is 0 Å². The summed E-state index contributed by atoms with van der Waals surface area (Å²) < 4.78 is 20.0. The van der Waals surface area contributed by atoms with Gasteiger partial charge in [0, 0.05) is 21.3 Å². The Labute approximate surface area is 190 Å². The molecule has 0 spiro atoms. The molecule has 2 atom stereocenters. The normalized spacial score (nSPS) is 24.4. The number of quaternary nitrogens is 1. The summed E-state index contributed by atoms with van der Waals surface area (Å²) in [6, 6.07) is 12.2. The lowest BCUT2D eigenvalue weighted by molar-refractivity contribution is -0.936. The zero-order valence-electron chi connectivity index (χ0n) is 16.9. The summed E-state index contributed by atoms with van der Waals surface area (Å²) in [5, 5.41) is 2.23. The van der Waals surface area contributed by atoms with Crippen molar-refractivity contribution in [2.45, 2.75) is 26.1 Å². The van der Waals surface area contributed by atoms with Gasteiger partial charge in [-0.3, -0.25) is 0 Å². The smallest absolute Gasteiger partial charge is 0.139 e. The van der Waals surface area contributed by atoms with Crippen LogP contribution in [-0.2, 0) is 4.74 Å².